The fraction of sp³-hybridized carbons (Fsp3) is 0.533. The third-order valence-electron chi connectivity index (χ3n) is 3.68. The van der Waals surface area contributed by atoms with Crippen molar-refractivity contribution in [2.75, 3.05) is 26.2 Å². The van der Waals surface area contributed by atoms with Gasteiger partial charge in [-0.25, -0.2) is 4.39 Å². The maximum atomic E-state index is 13.3. The van der Waals surface area contributed by atoms with Crippen molar-refractivity contribution < 1.29 is 19.4 Å². The highest BCUT2D eigenvalue weighted by Crippen LogP contribution is 2.22. The van der Waals surface area contributed by atoms with E-state index in [9.17, 15) is 19.4 Å². The van der Waals surface area contributed by atoms with Crippen LogP contribution in [0.4, 0.5) is 4.39 Å². The summed E-state index contributed by atoms with van der Waals surface area (Å²) < 4.78 is 13.3. The molecule has 1 aliphatic rings. The van der Waals surface area contributed by atoms with E-state index in [4.69, 9.17) is 0 Å². The Morgan fingerprint density at radius 1 is 1.48 bits per heavy atom. The summed E-state index contributed by atoms with van der Waals surface area (Å²) in [6.07, 6.45) is -0.410. The molecule has 1 amide bonds. The lowest BCUT2D eigenvalue weighted by molar-refractivity contribution is 0.0380. The van der Waals surface area contributed by atoms with Crippen LogP contribution in [0.5, 0.6) is 5.75 Å². The number of aromatic hydroxyl groups is 1. The fourth-order valence-electron chi connectivity index (χ4n) is 2.71. The van der Waals surface area contributed by atoms with Crippen LogP contribution in [-0.4, -0.2) is 64.2 Å². The summed E-state index contributed by atoms with van der Waals surface area (Å²) in [4.78, 5) is 16.2. The Kier molecular flexibility index (Phi) is 4.80. The first-order valence-electron chi connectivity index (χ1n) is 7.08. The smallest absolute Gasteiger partial charge is 0.258 e. The topological polar surface area (TPSA) is 64.0 Å². The van der Waals surface area contributed by atoms with Crippen molar-refractivity contribution in [2.45, 2.75) is 26.0 Å². The van der Waals surface area contributed by atoms with Gasteiger partial charge in [0.2, 0.25) is 0 Å². The molecule has 2 unspecified atom stereocenters. The molecule has 5 nitrogen and oxygen atoms in total. The second-order valence-corrected chi connectivity index (χ2v) is 5.62. The molecular weight excluding hydrogens is 275 g/mol. The summed E-state index contributed by atoms with van der Waals surface area (Å²) in [5.74, 6) is -1.12. The number of phenolic OH excluding ortho intramolecular Hbond substituents is 1. The van der Waals surface area contributed by atoms with E-state index in [2.05, 4.69) is 4.90 Å². The number of phenols is 1. The van der Waals surface area contributed by atoms with Crippen molar-refractivity contribution in [3.05, 3.63) is 29.6 Å². The summed E-state index contributed by atoms with van der Waals surface area (Å²) in [5, 5.41) is 19.1. The molecule has 21 heavy (non-hydrogen) atoms. The van der Waals surface area contributed by atoms with Gasteiger partial charge in [-0.3, -0.25) is 9.69 Å². The number of aliphatic hydroxyl groups is 1. The quantitative estimate of drug-likeness (QED) is 0.875. The van der Waals surface area contributed by atoms with Crippen LogP contribution in [0.25, 0.3) is 0 Å². The Morgan fingerprint density at radius 2 is 2.19 bits per heavy atom. The lowest BCUT2D eigenvalue weighted by Crippen LogP contribution is -2.55. The highest BCUT2D eigenvalue weighted by Gasteiger charge is 2.29. The molecule has 1 saturated heterocycles. The monoisotopic (exact) mass is 296 g/mol. The number of hydrogen-bond acceptors (Lipinski definition) is 4. The largest absolute Gasteiger partial charge is 0.507 e. The maximum absolute atomic E-state index is 13.3. The highest BCUT2D eigenvalue weighted by atomic mass is 19.1. The van der Waals surface area contributed by atoms with Crippen molar-refractivity contribution >= 4 is 5.91 Å². The van der Waals surface area contributed by atoms with Gasteiger partial charge in [-0.05, 0) is 32.0 Å². The van der Waals surface area contributed by atoms with Crippen LogP contribution in [-0.2, 0) is 0 Å². The molecule has 1 aromatic rings. The predicted molar refractivity (Wildman–Crippen MR) is 76.7 cm³/mol. The van der Waals surface area contributed by atoms with Crippen molar-refractivity contribution in [1.29, 1.82) is 0 Å². The molecule has 2 atom stereocenters. The predicted octanol–water partition coefficient (Wildman–Crippen LogP) is 1.06. The molecule has 0 aromatic heterocycles. The zero-order valence-electron chi connectivity index (χ0n) is 12.3. The summed E-state index contributed by atoms with van der Waals surface area (Å²) in [6, 6.07) is 3.31. The Hall–Kier alpha value is -1.66. The minimum absolute atomic E-state index is 0.00849. The van der Waals surface area contributed by atoms with Crippen molar-refractivity contribution in [1.82, 2.24) is 9.80 Å². The fourth-order valence-corrected chi connectivity index (χ4v) is 2.71. The van der Waals surface area contributed by atoms with E-state index >= 15 is 0 Å². The zero-order valence-corrected chi connectivity index (χ0v) is 12.3. The number of rotatable bonds is 3. The number of halogens is 1. The molecule has 1 aliphatic heterocycles. The van der Waals surface area contributed by atoms with Gasteiger partial charge in [0.25, 0.3) is 5.91 Å². The maximum Gasteiger partial charge on any atom is 0.258 e. The number of benzene rings is 1. The molecule has 1 heterocycles. The first-order valence-corrected chi connectivity index (χ1v) is 7.08. The van der Waals surface area contributed by atoms with Crippen LogP contribution in [0.15, 0.2) is 18.2 Å². The van der Waals surface area contributed by atoms with Crippen LogP contribution >= 0.6 is 0 Å². The molecule has 2 N–H and O–H groups in total. The second-order valence-electron chi connectivity index (χ2n) is 5.62. The molecule has 6 heteroatoms. The molecule has 1 aromatic carbocycles. The normalized spacial score (nSPS) is 21.3. The Bertz CT molecular complexity index is 522. The number of amides is 1. The SMILES string of the molecule is CC(O)CN1CCN(C(=O)c2cc(F)ccc2O)C(C)C1. The van der Waals surface area contributed by atoms with Crippen LogP contribution in [0.2, 0.25) is 0 Å². The lowest BCUT2D eigenvalue weighted by atomic mass is 10.1. The molecule has 0 saturated carbocycles. The minimum Gasteiger partial charge on any atom is -0.507 e. The van der Waals surface area contributed by atoms with Gasteiger partial charge in [0.05, 0.1) is 11.7 Å². The summed E-state index contributed by atoms with van der Waals surface area (Å²) in [7, 11) is 0. The number of nitrogens with zero attached hydrogens (tertiary/aromatic N) is 2. The van der Waals surface area contributed by atoms with E-state index in [0.29, 0.717) is 26.2 Å². The molecular formula is C15H21FN2O3. The van der Waals surface area contributed by atoms with E-state index < -0.39 is 11.9 Å². The lowest BCUT2D eigenvalue weighted by Gasteiger charge is -2.40. The first-order chi connectivity index (χ1) is 9.88. The Balaban J connectivity index is 2.09. The first kappa shape index (κ1) is 15.7. The average Bonchev–Trinajstić information content (AvgIpc) is 2.40. The van der Waals surface area contributed by atoms with Gasteiger partial charge in [-0.15, -0.1) is 0 Å². The molecule has 0 bridgehead atoms. The van der Waals surface area contributed by atoms with Gasteiger partial charge in [0.1, 0.15) is 11.6 Å². The Labute approximate surface area is 123 Å². The summed E-state index contributed by atoms with van der Waals surface area (Å²) in [5.41, 5.74) is -0.00849. The van der Waals surface area contributed by atoms with Gasteiger partial charge >= 0.3 is 0 Å². The van der Waals surface area contributed by atoms with Crippen molar-refractivity contribution in [2.24, 2.45) is 0 Å². The molecule has 0 spiro atoms. The van der Waals surface area contributed by atoms with Gasteiger partial charge in [-0.1, -0.05) is 0 Å². The van der Waals surface area contributed by atoms with E-state index in [0.717, 1.165) is 12.1 Å². The van der Waals surface area contributed by atoms with Crippen molar-refractivity contribution in [3.8, 4) is 5.75 Å². The zero-order chi connectivity index (χ0) is 15.6. The number of β-amino-alcohol motifs (C(OH)–C–C–N with tert-alkyl or cyclic N) is 1. The van der Waals surface area contributed by atoms with Crippen LogP contribution in [0.1, 0.15) is 24.2 Å². The van der Waals surface area contributed by atoms with Crippen LogP contribution in [0.3, 0.4) is 0 Å². The Morgan fingerprint density at radius 3 is 2.81 bits per heavy atom. The average molecular weight is 296 g/mol. The van der Waals surface area contributed by atoms with E-state index in [1.807, 2.05) is 6.92 Å². The second kappa shape index (κ2) is 6.41. The molecule has 0 radical (unpaired) electrons. The van der Waals surface area contributed by atoms with Gasteiger partial charge in [0, 0.05) is 32.2 Å². The van der Waals surface area contributed by atoms with Crippen LogP contribution < -0.4 is 0 Å². The molecule has 1 fully saturated rings. The summed E-state index contributed by atoms with van der Waals surface area (Å²) in [6.45, 7) is 5.99. The number of piperazine rings is 1. The number of carbonyl (C=O) groups excluding carboxylic acids is 1. The van der Waals surface area contributed by atoms with Gasteiger partial charge in [0.15, 0.2) is 0 Å². The number of aliphatic hydroxyl groups excluding tert-OH is 1. The third kappa shape index (κ3) is 3.71. The molecule has 116 valence electrons. The molecule has 2 rings (SSSR count). The van der Waals surface area contributed by atoms with E-state index in [-0.39, 0.29) is 23.3 Å². The van der Waals surface area contributed by atoms with Gasteiger partial charge in [-0.2, -0.15) is 0 Å². The standard InChI is InChI=1S/C15H21FN2O3/c1-10-8-17(9-11(2)19)5-6-18(10)15(21)13-7-12(16)3-4-14(13)20/h3-4,7,10-11,19-20H,5-6,8-9H2,1-2H3. The molecule has 0 aliphatic carbocycles. The highest BCUT2D eigenvalue weighted by molar-refractivity contribution is 5.97. The van der Waals surface area contributed by atoms with Crippen LogP contribution in [0, 0.1) is 5.82 Å². The van der Waals surface area contributed by atoms with Crippen molar-refractivity contribution in [3.63, 3.8) is 0 Å². The van der Waals surface area contributed by atoms with E-state index in [1.54, 1.807) is 11.8 Å². The minimum atomic E-state index is -0.545. The number of carbonyl (C=O) groups is 1. The summed E-state index contributed by atoms with van der Waals surface area (Å²) >= 11 is 0. The van der Waals surface area contributed by atoms with Gasteiger partial charge < -0.3 is 15.1 Å². The number of hydrogen-bond donors (Lipinski definition) is 2. The van der Waals surface area contributed by atoms with E-state index in [1.165, 1.54) is 6.07 Å². The third-order valence-corrected chi connectivity index (χ3v) is 3.68.